The highest BCUT2D eigenvalue weighted by Gasteiger charge is 2.26. The highest BCUT2D eigenvalue weighted by Crippen LogP contribution is 2.16. The molecule has 68 heavy (non-hydrogen) atoms. The van der Waals surface area contributed by atoms with E-state index < -0.39 is 87.1 Å². The van der Waals surface area contributed by atoms with Gasteiger partial charge in [-0.05, 0) is 101 Å². The van der Waals surface area contributed by atoms with Gasteiger partial charge in [0.15, 0.2) is 9.84 Å². The van der Waals surface area contributed by atoms with E-state index in [1.807, 2.05) is 6.92 Å². The number of ether oxygens (including phenoxy) is 2. The van der Waals surface area contributed by atoms with Gasteiger partial charge in [0.25, 0.3) is 5.91 Å². The third-order valence-corrected chi connectivity index (χ3v) is 11.7. The van der Waals surface area contributed by atoms with Crippen LogP contribution in [0.15, 0.2) is 39.7 Å². The first kappa shape index (κ1) is 60.0. The summed E-state index contributed by atoms with van der Waals surface area (Å²) in [6, 6.07) is 4.29. The Morgan fingerprint density at radius 2 is 1.34 bits per heavy atom. The quantitative estimate of drug-likeness (QED) is 0.0372. The molecular formula is C44H67N7O16S. The number of nitrogens with zero attached hydrogens (tertiary/aromatic N) is 3. The molecule has 8 N–H and O–H groups in total. The molecule has 0 radical (unpaired) electrons. The maximum Gasteiger partial charge on any atom is 0.326 e. The van der Waals surface area contributed by atoms with Crippen molar-refractivity contribution < 1.29 is 76.4 Å². The number of nitrogens with two attached hydrogens (primary N) is 1. The zero-order chi connectivity index (χ0) is 50.9. The number of rotatable bonds is 37. The lowest BCUT2D eigenvalue weighted by atomic mass is 9.95. The van der Waals surface area contributed by atoms with E-state index in [1.54, 1.807) is 31.2 Å². The highest BCUT2D eigenvalue weighted by molar-refractivity contribution is 7.92. The van der Waals surface area contributed by atoms with E-state index in [-0.39, 0.29) is 76.1 Å². The van der Waals surface area contributed by atoms with Gasteiger partial charge in [-0.3, -0.25) is 33.6 Å². The number of aliphatic carboxylic acids is 3. The fourth-order valence-corrected chi connectivity index (χ4v) is 7.67. The molecule has 1 aromatic rings. The van der Waals surface area contributed by atoms with Crippen LogP contribution in [0.4, 0.5) is 5.69 Å². The predicted octanol–water partition coefficient (Wildman–Crippen LogP) is 2.69. The molecule has 2 rings (SSSR count). The van der Waals surface area contributed by atoms with E-state index in [4.69, 9.17) is 20.3 Å². The monoisotopic (exact) mass is 981 g/mol. The highest BCUT2D eigenvalue weighted by atomic mass is 32.2. The van der Waals surface area contributed by atoms with Crippen molar-refractivity contribution in [2.75, 3.05) is 56.8 Å². The number of hydrogen-bond donors (Lipinski definition) is 7. The maximum atomic E-state index is 12.3. The Morgan fingerprint density at radius 1 is 0.706 bits per heavy atom. The minimum atomic E-state index is -3.74. The van der Waals surface area contributed by atoms with E-state index >= 15 is 0 Å². The molecule has 380 valence electrons. The fraction of sp³-hybridized carbons (Fsp3) is 0.636. The number of anilines is 1. The van der Waals surface area contributed by atoms with Gasteiger partial charge < -0.3 is 46.5 Å². The molecule has 0 aromatic heterocycles. The first-order chi connectivity index (χ1) is 32.3. The number of sulfone groups is 1. The molecule has 3 atom stereocenters. The lowest BCUT2D eigenvalue weighted by Gasteiger charge is -2.16. The second kappa shape index (κ2) is 34.3. The predicted molar refractivity (Wildman–Crippen MR) is 247 cm³/mol. The number of ketones is 3. The van der Waals surface area contributed by atoms with Crippen LogP contribution in [0.25, 0.3) is 0 Å². The number of benzene rings is 1. The summed E-state index contributed by atoms with van der Waals surface area (Å²) in [6.45, 7) is 5.55. The average Bonchev–Trinajstić information content (AvgIpc) is 3.80. The normalized spacial score (nSPS) is 13.2. The molecule has 0 aliphatic carbocycles. The molecule has 0 unspecified atom stereocenters. The number of carboxylic acid groups (broad SMARTS) is 3. The number of hydrogen-bond acceptors (Lipinski definition) is 17. The van der Waals surface area contributed by atoms with Crippen LogP contribution >= 0.6 is 0 Å². The number of carbonyl (C=O) groups is 9. The van der Waals surface area contributed by atoms with Crippen LogP contribution < -0.4 is 21.7 Å². The summed E-state index contributed by atoms with van der Waals surface area (Å²) >= 11 is 0. The zero-order valence-corrected chi connectivity index (χ0v) is 39.6. The van der Waals surface area contributed by atoms with Crippen LogP contribution in [0.3, 0.4) is 0 Å². The van der Waals surface area contributed by atoms with Gasteiger partial charge in [-0.15, -0.1) is 5.10 Å². The van der Waals surface area contributed by atoms with Crippen molar-refractivity contribution in [1.29, 1.82) is 0 Å². The Labute approximate surface area is 395 Å². The number of carboxylic acids is 3. The SMILES string of the molecule is CCOCC(=O)N[C@@H](CCCCNC(=O)c1ccc(N)cc1)C(=O)O.CCOCCCC(=O)CC[C@H](NC(=O)CC[C@H](CC(=O)CCCS(=O)(=O)CC(=O)CCCC1=NN=NC1)C(=O)O)C(=O)O. The van der Waals surface area contributed by atoms with Gasteiger partial charge in [-0.25, -0.2) is 18.0 Å². The van der Waals surface area contributed by atoms with Crippen LogP contribution in [-0.2, 0) is 57.7 Å². The molecule has 1 aliphatic heterocycles. The van der Waals surface area contributed by atoms with Gasteiger partial charge in [0.05, 0.1) is 17.4 Å². The van der Waals surface area contributed by atoms with Crippen molar-refractivity contribution in [3.05, 3.63) is 29.8 Å². The average molecular weight is 982 g/mol. The fourth-order valence-electron chi connectivity index (χ4n) is 6.30. The smallest absolute Gasteiger partial charge is 0.326 e. The third kappa shape index (κ3) is 28.9. The van der Waals surface area contributed by atoms with Gasteiger partial charge in [0, 0.05) is 76.1 Å². The second-order valence-corrected chi connectivity index (χ2v) is 17.9. The first-order valence-corrected chi connectivity index (χ1v) is 24.3. The van der Waals surface area contributed by atoms with E-state index in [0.29, 0.717) is 76.3 Å². The molecule has 0 bridgehead atoms. The number of Topliss-reactive ketones (excluding diaryl/α,β-unsaturated/α-hetero) is 3. The molecule has 23 nitrogen and oxygen atoms in total. The minimum absolute atomic E-state index is 0.0522. The lowest BCUT2D eigenvalue weighted by molar-refractivity contribution is -0.145. The van der Waals surface area contributed by atoms with Crippen LogP contribution in [0.2, 0.25) is 0 Å². The summed E-state index contributed by atoms with van der Waals surface area (Å²) in [7, 11) is -3.74. The zero-order valence-electron chi connectivity index (χ0n) is 38.8. The summed E-state index contributed by atoms with van der Waals surface area (Å²) < 4.78 is 34.6. The van der Waals surface area contributed by atoms with Gasteiger partial charge in [-0.1, -0.05) is 0 Å². The van der Waals surface area contributed by atoms with Crippen molar-refractivity contribution in [2.45, 2.75) is 122 Å². The number of nitrogens with one attached hydrogen (secondary N) is 3. The summed E-state index contributed by atoms with van der Waals surface area (Å²) in [5.41, 5.74) is 7.39. The van der Waals surface area contributed by atoms with Crippen LogP contribution in [-0.4, -0.2) is 146 Å². The molecule has 1 aliphatic rings. The van der Waals surface area contributed by atoms with E-state index in [9.17, 15) is 61.8 Å². The van der Waals surface area contributed by atoms with Crippen molar-refractivity contribution in [3.8, 4) is 0 Å². The van der Waals surface area contributed by atoms with Gasteiger partial charge in [-0.2, -0.15) is 5.11 Å². The van der Waals surface area contributed by atoms with Crippen molar-refractivity contribution in [3.63, 3.8) is 0 Å². The topological polar surface area (TPSA) is 366 Å². The molecule has 0 fully saturated rings. The van der Waals surface area contributed by atoms with Crippen LogP contribution in [0, 0.1) is 5.92 Å². The molecular weight excluding hydrogens is 915 g/mol. The van der Waals surface area contributed by atoms with Gasteiger partial charge in [0.2, 0.25) is 11.8 Å². The Balaban J connectivity index is 0.000000782. The van der Waals surface area contributed by atoms with Crippen LogP contribution in [0.5, 0.6) is 0 Å². The van der Waals surface area contributed by atoms with Gasteiger partial charge in [0.1, 0.15) is 48.3 Å². The number of amides is 3. The molecule has 0 saturated heterocycles. The summed E-state index contributed by atoms with van der Waals surface area (Å²) in [4.78, 5) is 106. The Hall–Kier alpha value is -6.01. The number of unbranched alkanes of at least 4 members (excludes halogenated alkanes) is 1. The Morgan fingerprint density at radius 3 is 1.96 bits per heavy atom. The number of carbonyl (C=O) groups excluding carboxylic acids is 6. The van der Waals surface area contributed by atoms with Crippen molar-refractivity contribution in [2.24, 2.45) is 21.4 Å². The number of nitrogen functional groups attached to an aromatic ring is 1. The maximum absolute atomic E-state index is 12.3. The Kier molecular flexibility index (Phi) is 30.3. The van der Waals surface area contributed by atoms with Crippen molar-refractivity contribution >= 4 is 74.2 Å². The summed E-state index contributed by atoms with van der Waals surface area (Å²) in [5.74, 6) is -8.52. The first-order valence-electron chi connectivity index (χ1n) is 22.5. The summed E-state index contributed by atoms with van der Waals surface area (Å²) in [6.07, 6.45) is 1.67. The molecule has 1 aromatic carbocycles. The third-order valence-electron chi connectivity index (χ3n) is 10.0. The van der Waals surface area contributed by atoms with Crippen LogP contribution in [0.1, 0.15) is 121 Å². The van der Waals surface area contributed by atoms with E-state index in [0.717, 1.165) is 5.71 Å². The minimum Gasteiger partial charge on any atom is -0.481 e. The molecule has 1 heterocycles. The Bertz CT molecular complexity index is 1990. The van der Waals surface area contributed by atoms with E-state index in [1.165, 1.54) is 0 Å². The molecule has 24 heteroatoms. The summed E-state index contributed by atoms with van der Waals surface area (Å²) in [5, 5.41) is 46.4. The standard InChI is InChI=1S/C27H42N4O11S.C17H25N3O5/c1-2-42-14-4-8-21(32)11-12-24(27(38)39)29-25(35)13-10-19(26(36)37)16-22(33)9-5-15-43(40,41)18-23(34)7-3-6-20-17-28-31-30-20;1-2-25-11-15(21)20-14(17(23)24)5-3-4-10-19-16(22)12-6-8-13(18)9-7-12/h19,24H,2-18H2,1H3,(H,29,35)(H,36,37)(H,38,39);6-9,14H,2-5,10-11,18H2,1H3,(H,19,22)(H,20,21)(H,23,24)/t19-,24+;14-/m10/s1. The molecule has 0 spiro atoms. The van der Waals surface area contributed by atoms with Crippen molar-refractivity contribution in [1.82, 2.24) is 16.0 Å². The van der Waals surface area contributed by atoms with E-state index in [2.05, 4.69) is 31.4 Å². The largest absolute Gasteiger partial charge is 0.481 e. The lowest BCUT2D eigenvalue weighted by Crippen LogP contribution is -2.42. The molecule has 0 saturated carbocycles. The van der Waals surface area contributed by atoms with Gasteiger partial charge >= 0.3 is 17.9 Å². The second-order valence-electron chi connectivity index (χ2n) is 15.8. The molecule has 3 amide bonds.